The molecule has 0 saturated carbocycles. The van der Waals surface area contributed by atoms with Crippen molar-refractivity contribution in [1.82, 2.24) is 29.5 Å². The summed E-state index contributed by atoms with van der Waals surface area (Å²) >= 11 is 6.33. The Labute approximate surface area is 247 Å². The van der Waals surface area contributed by atoms with Crippen LogP contribution in [-0.2, 0) is 23.9 Å². The van der Waals surface area contributed by atoms with Gasteiger partial charge in [0.1, 0.15) is 0 Å². The molecule has 3 heterocycles. The number of ether oxygens (including phenoxy) is 1. The van der Waals surface area contributed by atoms with Crippen molar-refractivity contribution in [2.45, 2.75) is 19.1 Å². The zero-order valence-electron chi connectivity index (χ0n) is 22.5. The average molecular weight is 613 g/mol. The Morgan fingerprint density at radius 2 is 1.98 bits per heavy atom. The molecule has 0 saturated heterocycles. The molecule has 0 fully saturated rings. The predicted octanol–water partition coefficient (Wildman–Crippen LogP) is 4.45. The Morgan fingerprint density at radius 1 is 1.19 bits per heavy atom. The Bertz CT molecular complexity index is 1820. The van der Waals surface area contributed by atoms with E-state index in [4.69, 9.17) is 22.1 Å². The Hall–Kier alpha value is -4.95. The van der Waals surface area contributed by atoms with Gasteiger partial charge in [0, 0.05) is 25.6 Å². The molecule has 43 heavy (non-hydrogen) atoms. The summed E-state index contributed by atoms with van der Waals surface area (Å²) in [4.78, 5) is 31.9. The minimum Gasteiger partial charge on any atom is -0.425 e. The second-order valence-corrected chi connectivity index (χ2v) is 9.66. The largest absolute Gasteiger partial charge is 0.435 e. The first kappa shape index (κ1) is 29.5. The van der Waals surface area contributed by atoms with Gasteiger partial charge in [0.25, 0.3) is 12.4 Å². The van der Waals surface area contributed by atoms with Gasteiger partial charge in [-0.2, -0.15) is 18.3 Å². The first-order valence-electron chi connectivity index (χ1n) is 12.8. The van der Waals surface area contributed by atoms with Crippen molar-refractivity contribution in [3.8, 4) is 17.0 Å². The van der Waals surface area contributed by atoms with Gasteiger partial charge in [-0.15, -0.1) is 0 Å². The van der Waals surface area contributed by atoms with Gasteiger partial charge in [0.05, 0.1) is 40.3 Å². The number of imidazole rings is 1. The van der Waals surface area contributed by atoms with Crippen LogP contribution in [0.1, 0.15) is 27.2 Å². The van der Waals surface area contributed by atoms with Crippen LogP contribution in [-0.4, -0.2) is 50.1 Å². The number of nitrogens with two attached hydrogens (primary N) is 1. The van der Waals surface area contributed by atoms with Gasteiger partial charge in [0.15, 0.2) is 22.9 Å². The number of carbonyl (C=O) groups is 2. The van der Waals surface area contributed by atoms with Gasteiger partial charge < -0.3 is 21.1 Å². The number of halogens is 4. The number of aromatic nitrogens is 5. The fourth-order valence-electron chi connectivity index (χ4n) is 4.60. The quantitative estimate of drug-likeness (QED) is 0.196. The summed E-state index contributed by atoms with van der Waals surface area (Å²) in [5.41, 5.74) is 6.64. The molecule has 0 radical (unpaired) electrons. The normalized spacial score (nSPS) is 11.5. The van der Waals surface area contributed by atoms with Crippen LogP contribution in [0.3, 0.4) is 0 Å². The molecule has 5 aromatic rings. The van der Waals surface area contributed by atoms with E-state index >= 15 is 0 Å². The average Bonchev–Trinajstić information content (AvgIpc) is 3.60. The van der Waals surface area contributed by atoms with Crippen molar-refractivity contribution in [2.24, 2.45) is 5.73 Å². The molecule has 2 aromatic carbocycles. The molecule has 11 nitrogen and oxygen atoms in total. The number of rotatable bonds is 10. The molecule has 4 N–H and O–H groups in total. The molecule has 5 rings (SSSR count). The lowest BCUT2D eigenvalue weighted by atomic mass is 10.1. The third kappa shape index (κ3) is 6.01. The number of alkyl halides is 3. The molecule has 0 spiro atoms. The zero-order chi connectivity index (χ0) is 30.7. The lowest BCUT2D eigenvalue weighted by Gasteiger charge is -2.14. The molecule has 0 unspecified atom stereocenters. The summed E-state index contributed by atoms with van der Waals surface area (Å²) < 4.78 is 50.2. The van der Waals surface area contributed by atoms with E-state index in [1.807, 2.05) is 24.3 Å². The number of fused-ring (bicyclic) bond motifs is 1. The van der Waals surface area contributed by atoms with Gasteiger partial charge in [-0.3, -0.25) is 18.7 Å². The van der Waals surface area contributed by atoms with Crippen molar-refractivity contribution in [1.29, 1.82) is 0 Å². The summed E-state index contributed by atoms with van der Waals surface area (Å²) in [6.45, 7) is 0.707. The third-order valence-electron chi connectivity index (χ3n) is 6.49. The monoisotopic (exact) mass is 612 g/mol. The van der Waals surface area contributed by atoms with E-state index in [0.717, 1.165) is 11.1 Å². The SMILES string of the molecule is CNC(=O)c1ccc(Nc2nccn3c(-c4cn(Cc5cccc(CCN)c5)nc4C(F)(F)F)cnc23)c(OC=O)c1Cl. The Morgan fingerprint density at radius 3 is 2.70 bits per heavy atom. The molecule has 222 valence electrons. The van der Waals surface area contributed by atoms with E-state index in [1.54, 1.807) is 0 Å². The van der Waals surface area contributed by atoms with Crippen LogP contribution in [0.25, 0.3) is 16.9 Å². The number of hydrogen-bond donors (Lipinski definition) is 3. The van der Waals surface area contributed by atoms with Crippen molar-refractivity contribution in [3.05, 3.63) is 88.6 Å². The fraction of sp³-hybridized carbons (Fsp3) is 0.179. The van der Waals surface area contributed by atoms with E-state index in [9.17, 15) is 22.8 Å². The molecular weight excluding hydrogens is 589 g/mol. The molecule has 3 aromatic heterocycles. The minimum atomic E-state index is -4.75. The maximum Gasteiger partial charge on any atom is 0.435 e. The number of hydrogen-bond acceptors (Lipinski definition) is 8. The van der Waals surface area contributed by atoms with Crippen molar-refractivity contribution in [2.75, 3.05) is 18.9 Å². The highest BCUT2D eigenvalue weighted by Gasteiger charge is 2.38. The molecule has 0 aliphatic carbocycles. The van der Waals surface area contributed by atoms with Crippen LogP contribution in [0.2, 0.25) is 5.02 Å². The molecule has 0 atom stereocenters. The summed E-state index contributed by atoms with van der Waals surface area (Å²) in [6, 6.07) is 10.3. The lowest BCUT2D eigenvalue weighted by Crippen LogP contribution is -2.18. The van der Waals surface area contributed by atoms with Crippen molar-refractivity contribution < 1.29 is 27.5 Å². The van der Waals surface area contributed by atoms with Crippen molar-refractivity contribution in [3.63, 3.8) is 0 Å². The van der Waals surface area contributed by atoms with E-state index in [0.29, 0.717) is 13.0 Å². The number of nitrogens with one attached hydrogen (secondary N) is 2. The lowest BCUT2D eigenvalue weighted by molar-refractivity contribution is -0.141. The molecule has 0 aliphatic heterocycles. The van der Waals surface area contributed by atoms with Crippen LogP contribution in [0.4, 0.5) is 24.7 Å². The number of benzene rings is 2. The van der Waals surface area contributed by atoms with Crippen LogP contribution in [0.5, 0.6) is 5.75 Å². The van der Waals surface area contributed by atoms with E-state index in [1.165, 1.54) is 53.1 Å². The minimum absolute atomic E-state index is 0.0589. The molecule has 0 bridgehead atoms. The number of amides is 1. The second kappa shape index (κ2) is 12.1. The van der Waals surface area contributed by atoms with Crippen LogP contribution >= 0.6 is 11.6 Å². The summed E-state index contributed by atoms with van der Waals surface area (Å²) in [5.74, 6) is -0.537. The zero-order valence-corrected chi connectivity index (χ0v) is 23.3. The predicted molar refractivity (Wildman–Crippen MR) is 152 cm³/mol. The standard InChI is InChI=1S/C28H24ClF3N8O3/c1-34-27(42)18-5-6-20(23(22(18)29)43-15-41)37-25-26-36-12-21(40(26)10-9-35-25)19-14-39(38-24(19)28(30,31)32)13-17-4-2-3-16(11-17)7-8-33/h2-6,9-12,14-15H,7-8,13,33H2,1H3,(H,34,42)(H,35,37). The fourth-order valence-corrected chi connectivity index (χ4v) is 4.89. The number of nitrogens with zero attached hydrogens (tertiary/aromatic N) is 5. The highest BCUT2D eigenvalue weighted by atomic mass is 35.5. The number of anilines is 2. The Kier molecular flexibility index (Phi) is 8.32. The summed E-state index contributed by atoms with van der Waals surface area (Å²) in [6.07, 6.45) is 1.33. The van der Waals surface area contributed by atoms with E-state index in [-0.39, 0.29) is 57.8 Å². The third-order valence-corrected chi connectivity index (χ3v) is 6.87. The highest BCUT2D eigenvalue weighted by molar-refractivity contribution is 6.36. The maximum atomic E-state index is 14.2. The second-order valence-electron chi connectivity index (χ2n) is 9.28. The maximum absolute atomic E-state index is 14.2. The van der Waals surface area contributed by atoms with Gasteiger partial charge in [-0.25, -0.2) is 9.97 Å². The molecule has 15 heteroatoms. The smallest absolute Gasteiger partial charge is 0.425 e. The van der Waals surface area contributed by atoms with Crippen LogP contribution in [0.15, 0.2) is 61.2 Å². The first-order valence-corrected chi connectivity index (χ1v) is 13.2. The van der Waals surface area contributed by atoms with Gasteiger partial charge >= 0.3 is 6.18 Å². The molecule has 1 amide bonds. The highest BCUT2D eigenvalue weighted by Crippen LogP contribution is 2.39. The summed E-state index contributed by atoms with van der Waals surface area (Å²) in [7, 11) is 1.42. The topological polar surface area (TPSA) is 141 Å². The van der Waals surface area contributed by atoms with Gasteiger partial charge in [-0.1, -0.05) is 35.9 Å². The van der Waals surface area contributed by atoms with Crippen LogP contribution < -0.4 is 21.1 Å². The van der Waals surface area contributed by atoms with Crippen LogP contribution in [0, 0.1) is 0 Å². The summed E-state index contributed by atoms with van der Waals surface area (Å²) in [5, 5.41) is 9.12. The number of carbonyl (C=O) groups excluding carboxylic acids is 2. The van der Waals surface area contributed by atoms with E-state index in [2.05, 4.69) is 25.7 Å². The van der Waals surface area contributed by atoms with Gasteiger partial charge in [-0.05, 0) is 36.2 Å². The van der Waals surface area contributed by atoms with Gasteiger partial charge in [0.2, 0.25) is 0 Å². The van der Waals surface area contributed by atoms with E-state index < -0.39 is 17.8 Å². The Balaban J connectivity index is 1.54. The molecule has 0 aliphatic rings. The van der Waals surface area contributed by atoms with Crippen molar-refractivity contribution >= 4 is 41.1 Å². The first-order chi connectivity index (χ1) is 20.6. The molecular formula is C28H24ClF3N8O3.